The second kappa shape index (κ2) is 10.7. The Labute approximate surface area is 162 Å². The molecular formula is C17H23ClN6OS. The van der Waals surface area contributed by atoms with E-state index in [-0.39, 0.29) is 5.91 Å². The minimum absolute atomic E-state index is 0.0935. The number of hydrogen-bond donors (Lipinski definition) is 3. The molecule has 0 bridgehead atoms. The Balaban J connectivity index is 1.73. The van der Waals surface area contributed by atoms with Crippen LogP contribution in [0.15, 0.2) is 28.8 Å². The standard InChI is InChI=1S/C17H23ClN6OS/c1-3-19-17(21-7-6-13-4-5-14(18)23-10-13)22-9-8-20-16(25)15-12(2)24-11-26-15/h4-5,10-11H,3,6-9H2,1-2H3,(H,20,25)(H2,19,21,22). The third kappa shape index (κ3) is 6.61. The molecule has 0 spiro atoms. The highest BCUT2D eigenvalue weighted by atomic mass is 35.5. The predicted molar refractivity (Wildman–Crippen MR) is 106 cm³/mol. The van der Waals surface area contributed by atoms with Crippen molar-refractivity contribution in [2.24, 2.45) is 4.99 Å². The summed E-state index contributed by atoms with van der Waals surface area (Å²) < 4.78 is 0. The van der Waals surface area contributed by atoms with Gasteiger partial charge in [0.1, 0.15) is 10.0 Å². The molecule has 140 valence electrons. The summed E-state index contributed by atoms with van der Waals surface area (Å²) >= 11 is 7.13. The summed E-state index contributed by atoms with van der Waals surface area (Å²) in [5.74, 6) is 0.627. The number of pyridine rings is 1. The van der Waals surface area contributed by atoms with E-state index in [2.05, 4.69) is 30.9 Å². The molecule has 0 radical (unpaired) electrons. The summed E-state index contributed by atoms with van der Waals surface area (Å²) in [5.41, 5.74) is 3.52. The number of aryl methyl sites for hydroxylation is 1. The van der Waals surface area contributed by atoms with Crippen LogP contribution in [0.4, 0.5) is 0 Å². The van der Waals surface area contributed by atoms with Crippen molar-refractivity contribution in [3.8, 4) is 0 Å². The maximum absolute atomic E-state index is 12.0. The third-order valence-corrected chi connectivity index (χ3v) is 4.61. The number of thiazole rings is 1. The largest absolute Gasteiger partial charge is 0.357 e. The summed E-state index contributed by atoms with van der Waals surface area (Å²) in [6.07, 6.45) is 2.54. The zero-order valence-corrected chi connectivity index (χ0v) is 16.5. The van der Waals surface area contributed by atoms with Gasteiger partial charge in [0.2, 0.25) is 0 Å². The average Bonchev–Trinajstić information content (AvgIpc) is 3.06. The Hall–Kier alpha value is -2.19. The van der Waals surface area contributed by atoms with Crippen LogP contribution < -0.4 is 16.0 Å². The van der Waals surface area contributed by atoms with Crippen molar-refractivity contribution >= 4 is 34.8 Å². The number of rotatable bonds is 8. The molecule has 3 N–H and O–H groups in total. The monoisotopic (exact) mass is 394 g/mol. The van der Waals surface area contributed by atoms with Gasteiger partial charge in [-0.3, -0.25) is 9.79 Å². The molecule has 2 heterocycles. The first kappa shape index (κ1) is 20.1. The number of aromatic nitrogens is 2. The van der Waals surface area contributed by atoms with Crippen LogP contribution >= 0.6 is 22.9 Å². The van der Waals surface area contributed by atoms with Gasteiger partial charge in [0.15, 0.2) is 5.96 Å². The van der Waals surface area contributed by atoms with Crippen LogP contribution in [0, 0.1) is 6.92 Å². The van der Waals surface area contributed by atoms with Crippen molar-refractivity contribution in [3.63, 3.8) is 0 Å². The van der Waals surface area contributed by atoms with Crippen molar-refractivity contribution in [2.45, 2.75) is 20.3 Å². The normalized spacial score (nSPS) is 11.3. The zero-order chi connectivity index (χ0) is 18.8. The zero-order valence-electron chi connectivity index (χ0n) is 14.9. The summed E-state index contributed by atoms with van der Waals surface area (Å²) in [5, 5.41) is 9.76. The number of hydrogen-bond acceptors (Lipinski definition) is 5. The van der Waals surface area contributed by atoms with Crippen LogP contribution in [0.25, 0.3) is 0 Å². The van der Waals surface area contributed by atoms with E-state index < -0.39 is 0 Å². The fraction of sp³-hybridized carbons (Fsp3) is 0.412. The van der Waals surface area contributed by atoms with E-state index in [0.29, 0.717) is 29.7 Å². The van der Waals surface area contributed by atoms with Crippen LogP contribution in [0.3, 0.4) is 0 Å². The third-order valence-electron chi connectivity index (χ3n) is 3.46. The summed E-state index contributed by atoms with van der Waals surface area (Å²) in [6.45, 7) is 6.32. The lowest BCUT2D eigenvalue weighted by atomic mass is 10.2. The fourth-order valence-electron chi connectivity index (χ4n) is 2.15. The minimum atomic E-state index is -0.0935. The number of halogens is 1. The molecule has 0 saturated heterocycles. The van der Waals surface area contributed by atoms with Gasteiger partial charge in [-0.1, -0.05) is 17.7 Å². The number of guanidine groups is 1. The van der Waals surface area contributed by atoms with Crippen molar-refractivity contribution in [1.29, 1.82) is 0 Å². The van der Waals surface area contributed by atoms with Gasteiger partial charge < -0.3 is 16.0 Å². The summed E-state index contributed by atoms with van der Waals surface area (Å²) in [7, 11) is 0. The molecule has 0 aliphatic carbocycles. The molecule has 0 unspecified atom stereocenters. The lowest BCUT2D eigenvalue weighted by Crippen LogP contribution is -2.41. The number of aliphatic imine (C=N–C) groups is 1. The Bertz CT molecular complexity index is 731. The second-order valence-corrected chi connectivity index (χ2v) is 6.69. The predicted octanol–water partition coefficient (Wildman–Crippen LogP) is 2.03. The second-order valence-electron chi connectivity index (χ2n) is 5.45. The van der Waals surface area contributed by atoms with Crippen LogP contribution in [-0.4, -0.2) is 48.0 Å². The first-order valence-corrected chi connectivity index (χ1v) is 9.66. The van der Waals surface area contributed by atoms with Crippen molar-refractivity contribution in [3.05, 3.63) is 45.1 Å². The summed E-state index contributed by atoms with van der Waals surface area (Å²) in [4.78, 5) is 25.3. The molecule has 2 rings (SSSR count). The molecule has 0 saturated carbocycles. The molecule has 0 aliphatic heterocycles. The molecule has 1 amide bonds. The fourth-order valence-corrected chi connectivity index (χ4v) is 2.98. The van der Waals surface area contributed by atoms with Gasteiger partial charge in [-0.2, -0.15) is 0 Å². The highest BCUT2D eigenvalue weighted by Crippen LogP contribution is 2.11. The van der Waals surface area contributed by atoms with E-state index in [0.717, 1.165) is 30.2 Å². The van der Waals surface area contributed by atoms with Gasteiger partial charge in [-0.05, 0) is 31.9 Å². The number of nitrogens with one attached hydrogen (secondary N) is 3. The Morgan fingerprint density at radius 2 is 2.04 bits per heavy atom. The van der Waals surface area contributed by atoms with Crippen LogP contribution in [0.2, 0.25) is 5.15 Å². The molecule has 9 heteroatoms. The Kier molecular flexibility index (Phi) is 8.30. The Morgan fingerprint density at radius 1 is 1.23 bits per heavy atom. The lowest BCUT2D eigenvalue weighted by molar-refractivity contribution is 0.0957. The number of carbonyl (C=O) groups excluding carboxylic acids is 1. The molecular weight excluding hydrogens is 372 g/mol. The van der Waals surface area contributed by atoms with E-state index in [1.807, 2.05) is 19.9 Å². The van der Waals surface area contributed by atoms with Crippen molar-refractivity contribution in [1.82, 2.24) is 25.9 Å². The van der Waals surface area contributed by atoms with Gasteiger partial charge in [-0.25, -0.2) is 9.97 Å². The lowest BCUT2D eigenvalue weighted by Gasteiger charge is -2.11. The van der Waals surface area contributed by atoms with Crippen LogP contribution in [0.5, 0.6) is 0 Å². The SMILES string of the molecule is CCNC(=NCCc1ccc(Cl)nc1)NCCNC(=O)c1scnc1C. The van der Waals surface area contributed by atoms with Gasteiger partial charge in [0.05, 0.1) is 11.2 Å². The smallest absolute Gasteiger partial charge is 0.263 e. The van der Waals surface area contributed by atoms with Gasteiger partial charge in [0, 0.05) is 32.4 Å². The topological polar surface area (TPSA) is 91.3 Å². The van der Waals surface area contributed by atoms with Crippen LogP contribution in [-0.2, 0) is 6.42 Å². The van der Waals surface area contributed by atoms with E-state index in [9.17, 15) is 4.79 Å². The molecule has 2 aromatic heterocycles. The van der Waals surface area contributed by atoms with E-state index in [1.165, 1.54) is 11.3 Å². The Morgan fingerprint density at radius 3 is 2.69 bits per heavy atom. The highest BCUT2D eigenvalue weighted by Gasteiger charge is 2.10. The maximum Gasteiger partial charge on any atom is 0.263 e. The van der Waals surface area contributed by atoms with Gasteiger partial charge in [-0.15, -0.1) is 11.3 Å². The molecule has 0 aromatic carbocycles. The molecule has 0 fully saturated rings. The quantitative estimate of drug-likeness (QED) is 0.276. The number of carbonyl (C=O) groups is 1. The van der Waals surface area contributed by atoms with E-state index >= 15 is 0 Å². The number of amides is 1. The molecule has 7 nitrogen and oxygen atoms in total. The first-order valence-electron chi connectivity index (χ1n) is 8.41. The van der Waals surface area contributed by atoms with Crippen molar-refractivity contribution < 1.29 is 4.79 Å². The molecule has 26 heavy (non-hydrogen) atoms. The minimum Gasteiger partial charge on any atom is -0.357 e. The average molecular weight is 395 g/mol. The van der Waals surface area contributed by atoms with Gasteiger partial charge >= 0.3 is 0 Å². The summed E-state index contributed by atoms with van der Waals surface area (Å²) in [6, 6.07) is 3.72. The van der Waals surface area contributed by atoms with E-state index in [4.69, 9.17) is 11.6 Å². The highest BCUT2D eigenvalue weighted by molar-refractivity contribution is 7.11. The molecule has 0 atom stereocenters. The van der Waals surface area contributed by atoms with E-state index in [1.54, 1.807) is 17.8 Å². The van der Waals surface area contributed by atoms with Crippen molar-refractivity contribution in [2.75, 3.05) is 26.2 Å². The van der Waals surface area contributed by atoms with Gasteiger partial charge in [0.25, 0.3) is 5.91 Å². The molecule has 2 aromatic rings. The molecule has 0 aliphatic rings. The first-order chi connectivity index (χ1) is 12.6. The maximum atomic E-state index is 12.0. The van der Waals surface area contributed by atoms with Crippen LogP contribution in [0.1, 0.15) is 27.9 Å². The number of nitrogens with zero attached hydrogens (tertiary/aromatic N) is 3.